The van der Waals surface area contributed by atoms with Crippen LogP contribution < -0.4 is 15.8 Å². The first-order valence-corrected chi connectivity index (χ1v) is 8.38. The molecule has 128 valence electrons. The van der Waals surface area contributed by atoms with E-state index >= 15 is 0 Å². The molecule has 0 aliphatic heterocycles. The zero-order chi connectivity index (χ0) is 17.1. The number of benzene rings is 1. The number of ether oxygens (including phenoxy) is 1. The zero-order valence-electron chi connectivity index (χ0n) is 13.5. The van der Waals surface area contributed by atoms with E-state index in [1.165, 1.54) is 0 Å². The van der Waals surface area contributed by atoms with E-state index in [0.717, 1.165) is 18.7 Å². The first-order chi connectivity index (χ1) is 11.6. The summed E-state index contributed by atoms with van der Waals surface area (Å²) in [5, 5.41) is 3.58. The molecule has 1 amide bonds. The number of hydrogen-bond acceptors (Lipinski definition) is 4. The monoisotopic (exact) mass is 348 g/mol. The molecule has 1 aliphatic rings. The number of imidazole rings is 1. The van der Waals surface area contributed by atoms with Crippen molar-refractivity contribution >= 4 is 17.5 Å². The van der Waals surface area contributed by atoms with Gasteiger partial charge in [0.05, 0.1) is 11.6 Å². The maximum Gasteiger partial charge on any atom is 0.255 e. The summed E-state index contributed by atoms with van der Waals surface area (Å²) in [6.45, 7) is 0.717. The highest BCUT2D eigenvalue weighted by Gasteiger charge is 2.36. The molecule has 2 aromatic rings. The number of rotatable bonds is 7. The Kier molecular flexibility index (Phi) is 5.06. The van der Waals surface area contributed by atoms with Crippen molar-refractivity contribution in [2.45, 2.75) is 18.9 Å². The van der Waals surface area contributed by atoms with Gasteiger partial charge in [0.15, 0.2) is 0 Å². The first-order valence-electron chi connectivity index (χ1n) is 8.00. The van der Waals surface area contributed by atoms with Gasteiger partial charge in [-0.15, -0.1) is 0 Å². The number of nitrogens with two attached hydrogens (primary N) is 1. The summed E-state index contributed by atoms with van der Waals surface area (Å²) in [6.07, 6.45) is 5.80. The lowest BCUT2D eigenvalue weighted by atomic mass is 10.1. The Morgan fingerprint density at radius 2 is 2.33 bits per heavy atom. The van der Waals surface area contributed by atoms with Crippen LogP contribution in [0, 0.1) is 5.92 Å². The van der Waals surface area contributed by atoms with E-state index < -0.39 is 0 Å². The van der Waals surface area contributed by atoms with Crippen molar-refractivity contribution in [1.29, 1.82) is 0 Å². The van der Waals surface area contributed by atoms with Crippen molar-refractivity contribution in [3.05, 3.63) is 47.0 Å². The van der Waals surface area contributed by atoms with Gasteiger partial charge in [0.25, 0.3) is 5.91 Å². The molecule has 24 heavy (non-hydrogen) atoms. The van der Waals surface area contributed by atoms with Gasteiger partial charge >= 0.3 is 0 Å². The van der Waals surface area contributed by atoms with Crippen LogP contribution >= 0.6 is 11.6 Å². The average molecular weight is 349 g/mol. The Balaban J connectivity index is 1.83. The highest BCUT2D eigenvalue weighted by Crippen LogP contribution is 2.40. The minimum atomic E-state index is -0.218. The van der Waals surface area contributed by atoms with Crippen LogP contribution in [0.25, 0.3) is 0 Å². The van der Waals surface area contributed by atoms with E-state index in [2.05, 4.69) is 10.3 Å². The van der Waals surface area contributed by atoms with Crippen molar-refractivity contribution in [2.75, 3.05) is 13.2 Å². The van der Waals surface area contributed by atoms with Gasteiger partial charge in [0.1, 0.15) is 18.2 Å². The molecule has 1 aliphatic carbocycles. The maximum atomic E-state index is 12.8. The number of aromatic nitrogens is 2. The van der Waals surface area contributed by atoms with Gasteiger partial charge in [0.2, 0.25) is 0 Å². The number of carbonyl (C=O) groups is 1. The molecule has 3 rings (SSSR count). The molecule has 0 radical (unpaired) electrons. The summed E-state index contributed by atoms with van der Waals surface area (Å²) in [4.78, 5) is 17.2. The molecule has 1 aromatic carbocycles. The van der Waals surface area contributed by atoms with E-state index in [4.69, 9.17) is 22.1 Å². The minimum Gasteiger partial charge on any atom is -0.491 e. The van der Waals surface area contributed by atoms with Crippen LogP contribution in [0.15, 0.2) is 30.6 Å². The van der Waals surface area contributed by atoms with E-state index in [-0.39, 0.29) is 11.9 Å². The fourth-order valence-electron chi connectivity index (χ4n) is 2.69. The molecule has 1 aromatic heterocycles. The number of nitrogens with one attached hydrogen (secondary N) is 1. The van der Waals surface area contributed by atoms with Gasteiger partial charge in [-0.05, 0) is 37.0 Å². The number of hydrogen-bond donors (Lipinski definition) is 2. The second-order valence-electron chi connectivity index (χ2n) is 5.96. The molecular weight excluding hydrogens is 328 g/mol. The highest BCUT2D eigenvalue weighted by atomic mass is 35.5. The van der Waals surface area contributed by atoms with Crippen LogP contribution in [0.1, 0.15) is 35.1 Å². The number of aryl methyl sites for hydroxylation is 1. The Hall–Kier alpha value is -2.05. The predicted molar refractivity (Wildman–Crippen MR) is 92.1 cm³/mol. The lowest BCUT2D eigenvalue weighted by Crippen LogP contribution is -2.32. The number of nitrogens with zero attached hydrogens (tertiary/aromatic N) is 2. The van der Waals surface area contributed by atoms with Gasteiger partial charge in [-0.25, -0.2) is 4.98 Å². The predicted octanol–water partition coefficient (Wildman–Crippen LogP) is 2.29. The molecule has 1 saturated carbocycles. The van der Waals surface area contributed by atoms with E-state index in [0.29, 0.717) is 35.4 Å². The second-order valence-corrected chi connectivity index (χ2v) is 6.40. The van der Waals surface area contributed by atoms with Crippen molar-refractivity contribution in [1.82, 2.24) is 14.9 Å². The SMILES string of the molecule is Cn1ccnc1[C@@H](NC(=O)c1cc(Cl)ccc1OCCN)C1CC1. The molecule has 1 fully saturated rings. The van der Waals surface area contributed by atoms with Crippen molar-refractivity contribution in [3.8, 4) is 5.75 Å². The van der Waals surface area contributed by atoms with E-state index in [1.54, 1.807) is 24.4 Å². The molecule has 0 spiro atoms. The fraction of sp³-hybridized carbons (Fsp3) is 0.412. The van der Waals surface area contributed by atoms with Gasteiger partial charge in [0, 0.05) is 31.0 Å². The third kappa shape index (κ3) is 3.71. The maximum absolute atomic E-state index is 12.8. The summed E-state index contributed by atoms with van der Waals surface area (Å²) in [5.74, 6) is 1.54. The number of halogens is 1. The summed E-state index contributed by atoms with van der Waals surface area (Å²) >= 11 is 6.05. The average Bonchev–Trinajstić information content (AvgIpc) is 3.33. The van der Waals surface area contributed by atoms with Gasteiger partial charge in [-0.2, -0.15) is 0 Å². The Bertz CT molecular complexity index is 727. The molecule has 0 unspecified atom stereocenters. The third-order valence-corrected chi connectivity index (χ3v) is 4.31. The smallest absolute Gasteiger partial charge is 0.255 e. The standard InChI is InChI=1S/C17H21ClN4O2/c1-22-8-7-20-16(22)15(11-2-3-11)21-17(23)13-10-12(18)4-5-14(13)24-9-6-19/h4-5,7-8,10-11,15H,2-3,6,9,19H2,1H3,(H,21,23)/t15-/m0/s1. The summed E-state index contributed by atoms with van der Waals surface area (Å²) in [6, 6.07) is 4.89. The molecule has 1 heterocycles. The van der Waals surface area contributed by atoms with E-state index in [1.807, 2.05) is 17.8 Å². The van der Waals surface area contributed by atoms with Crippen molar-refractivity contribution < 1.29 is 9.53 Å². The molecule has 6 nitrogen and oxygen atoms in total. The molecule has 0 saturated heterocycles. The fourth-order valence-corrected chi connectivity index (χ4v) is 2.87. The molecule has 7 heteroatoms. The molecule has 0 bridgehead atoms. The van der Waals surface area contributed by atoms with Gasteiger partial charge < -0.3 is 20.4 Å². The van der Waals surface area contributed by atoms with Gasteiger partial charge in [-0.3, -0.25) is 4.79 Å². The number of carbonyl (C=O) groups excluding carboxylic acids is 1. The highest BCUT2D eigenvalue weighted by molar-refractivity contribution is 6.31. The van der Waals surface area contributed by atoms with Crippen LogP contribution in [0.3, 0.4) is 0 Å². The van der Waals surface area contributed by atoms with Gasteiger partial charge in [-0.1, -0.05) is 11.6 Å². The lowest BCUT2D eigenvalue weighted by Gasteiger charge is -2.19. The normalized spacial score (nSPS) is 15.1. The molecule has 1 atom stereocenters. The van der Waals surface area contributed by atoms with Crippen molar-refractivity contribution in [3.63, 3.8) is 0 Å². The zero-order valence-corrected chi connectivity index (χ0v) is 14.3. The Labute approximate surface area is 146 Å². The van der Waals surface area contributed by atoms with E-state index in [9.17, 15) is 4.79 Å². The molecular formula is C17H21ClN4O2. The largest absolute Gasteiger partial charge is 0.491 e. The van der Waals surface area contributed by atoms with Crippen LogP contribution in [-0.2, 0) is 7.05 Å². The van der Waals surface area contributed by atoms with Crippen LogP contribution in [-0.4, -0.2) is 28.6 Å². The number of amides is 1. The quantitative estimate of drug-likeness (QED) is 0.804. The third-order valence-electron chi connectivity index (χ3n) is 4.08. The lowest BCUT2D eigenvalue weighted by molar-refractivity contribution is 0.0925. The summed E-state index contributed by atoms with van der Waals surface area (Å²) in [7, 11) is 1.93. The topological polar surface area (TPSA) is 82.2 Å². The second kappa shape index (κ2) is 7.23. The minimum absolute atomic E-state index is 0.112. The van der Waals surface area contributed by atoms with Crippen LogP contribution in [0.5, 0.6) is 5.75 Å². The van der Waals surface area contributed by atoms with Crippen LogP contribution in [0.4, 0.5) is 0 Å². The summed E-state index contributed by atoms with van der Waals surface area (Å²) < 4.78 is 7.51. The Morgan fingerprint density at radius 1 is 1.54 bits per heavy atom. The summed E-state index contributed by atoms with van der Waals surface area (Å²) in [5.41, 5.74) is 5.89. The van der Waals surface area contributed by atoms with Crippen LogP contribution in [0.2, 0.25) is 5.02 Å². The van der Waals surface area contributed by atoms with Crippen molar-refractivity contribution in [2.24, 2.45) is 18.7 Å². The first kappa shape index (κ1) is 16.8. The Morgan fingerprint density at radius 3 is 2.96 bits per heavy atom. The molecule has 3 N–H and O–H groups in total.